The van der Waals surface area contributed by atoms with Gasteiger partial charge < -0.3 is 14.8 Å². The first kappa shape index (κ1) is 22.6. The molecule has 0 aliphatic carbocycles. The Bertz CT molecular complexity index is 1250. The Kier molecular flexibility index (Phi) is 6.47. The molecule has 0 radical (unpaired) electrons. The molecule has 4 rings (SSSR count). The van der Waals surface area contributed by atoms with Crippen LogP contribution in [0.2, 0.25) is 0 Å². The fraction of sp³-hybridized carbons (Fsp3) is 0.185. The molecule has 1 heterocycles. The summed E-state index contributed by atoms with van der Waals surface area (Å²) in [6.07, 6.45) is 1.80. The summed E-state index contributed by atoms with van der Waals surface area (Å²) in [4.78, 5) is 14.6. The molecule has 6 heteroatoms. The number of aryl methyl sites for hydroxylation is 3. The fourth-order valence-corrected chi connectivity index (χ4v) is 4.18. The lowest BCUT2D eigenvalue weighted by atomic mass is 10.1. The zero-order chi connectivity index (χ0) is 23.5. The van der Waals surface area contributed by atoms with Crippen molar-refractivity contribution in [2.24, 2.45) is 0 Å². The third-order valence-electron chi connectivity index (χ3n) is 5.53. The second-order valence-corrected chi connectivity index (χ2v) is 8.44. The average Bonchev–Trinajstić information content (AvgIpc) is 3.06. The summed E-state index contributed by atoms with van der Waals surface area (Å²) in [5.74, 6) is 1.41. The van der Waals surface area contributed by atoms with Crippen LogP contribution in [0.1, 0.15) is 27.8 Å². The lowest BCUT2D eigenvalue weighted by Crippen LogP contribution is -2.30. The van der Waals surface area contributed by atoms with E-state index < -0.39 is 0 Å². The summed E-state index contributed by atoms with van der Waals surface area (Å²) in [5.41, 5.74) is 6.13. The maximum atomic E-state index is 13.1. The lowest BCUT2D eigenvalue weighted by Gasteiger charge is -2.15. The van der Waals surface area contributed by atoms with Crippen LogP contribution in [0.3, 0.4) is 0 Å². The summed E-state index contributed by atoms with van der Waals surface area (Å²) in [5, 5.41) is 3.41. The van der Waals surface area contributed by atoms with Gasteiger partial charge in [0.25, 0.3) is 5.91 Å². The molecule has 1 aliphatic rings. The third kappa shape index (κ3) is 4.76. The van der Waals surface area contributed by atoms with Crippen molar-refractivity contribution in [3.05, 3.63) is 94.2 Å². The molecule has 0 unspecified atom stereocenters. The third-order valence-corrected chi connectivity index (χ3v) is 5.82. The Morgan fingerprint density at radius 3 is 2.42 bits per heavy atom. The fourth-order valence-electron chi connectivity index (χ4n) is 3.88. The van der Waals surface area contributed by atoms with E-state index in [9.17, 15) is 4.79 Å². The molecular formula is C27H26N2O3S. The van der Waals surface area contributed by atoms with Gasteiger partial charge in [0, 0.05) is 5.56 Å². The summed E-state index contributed by atoms with van der Waals surface area (Å²) in [7, 11) is 1.64. The van der Waals surface area contributed by atoms with E-state index in [1.54, 1.807) is 13.2 Å². The van der Waals surface area contributed by atoms with Gasteiger partial charge in [0.05, 0.1) is 12.8 Å². The molecule has 1 saturated heterocycles. The molecule has 0 saturated carbocycles. The normalized spacial score (nSPS) is 14.5. The van der Waals surface area contributed by atoms with Crippen LogP contribution in [0.25, 0.3) is 6.08 Å². The average molecular weight is 459 g/mol. The van der Waals surface area contributed by atoms with Gasteiger partial charge >= 0.3 is 0 Å². The van der Waals surface area contributed by atoms with Crippen molar-refractivity contribution in [2.45, 2.75) is 27.4 Å². The van der Waals surface area contributed by atoms with E-state index in [2.05, 4.69) is 5.32 Å². The van der Waals surface area contributed by atoms with Crippen LogP contribution in [0.5, 0.6) is 11.5 Å². The van der Waals surface area contributed by atoms with E-state index in [0.717, 1.165) is 45.0 Å². The van der Waals surface area contributed by atoms with Crippen molar-refractivity contribution < 1.29 is 14.3 Å². The van der Waals surface area contributed by atoms with Crippen molar-refractivity contribution >= 4 is 35.0 Å². The Hall–Kier alpha value is -3.64. The van der Waals surface area contributed by atoms with Crippen LogP contribution < -0.4 is 19.7 Å². The Morgan fingerprint density at radius 2 is 1.73 bits per heavy atom. The minimum Gasteiger partial charge on any atom is -0.496 e. The molecule has 0 spiro atoms. The number of nitrogens with one attached hydrogen (secondary N) is 1. The standard InChI is InChI=1S/C27H26N2O3S/c1-17-7-5-10-22(13-17)29-26(30)23(28-27(29)33)15-20-11-12-24(31-4)21(14-20)16-32-25-18(2)8-6-9-19(25)3/h5-15H,16H2,1-4H3,(H,28,33)/b23-15+. The van der Waals surface area contributed by atoms with Crippen LogP contribution in [0.4, 0.5) is 5.69 Å². The van der Waals surface area contributed by atoms with E-state index in [4.69, 9.17) is 21.7 Å². The van der Waals surface area contributed by atoms with Crippen molar-refractivity contribution in [2.75, 3.05) is 12.0 Å². The van der Waals surface area contributed by atoms with Gasteiger partial charge in [-0.1, -0.05) is 36.4 Å². The predicted molar refractivity (Wildman–Crippen MR) is 136 cm³/mol. The van der Waals surface area contributed by atoms with Crippen LogP contribution in [-0.4, -0.2) is 18.1 Å². The van der Waals surface area contributed by atoms with Crippen molar-refractivity contribution in [3.8, 4) is 11.5 Å². The molecule has 1 fully saturated rings. The number of thiocarbonyl (C=S) groups is 1. The van der Waals surface area contributed by atoms with Crippen molar-refractivity contribution in [1.82, 2.24) is 5.32 Å². The highest BCUT2D eigenvalue weighted by atomic mass is 32.1. The Labute approximate surface area is 199 Å². The number of hydrogen-bond acceptors (Lipinski definition) is 4. The van der Waals surface area contributed by atoms with E-state index in [1.807, 2.05) is 81.4 Å². The number of carbonyl (C=O) groups is 1. The number of benzene rings is 3. The van der Waals surface area contributed by atoms with E-state index in [-0.39, 0.29) is 5.91 Å². The number of anilines is 1. The number of rotatable bonds is 6. The molecule has 5 nitrogen and oxygen atoms in total. The molecule has 0 bridgehead atoms. The number of nitrogens with zero attached hydrogens (tertiary/aromatic N) is 1. The van der Waals surface area contributed by atoms with Crippen molar-refractivity contribution in [1.29, 1.82) is 0 Å². The van der Waals surface area contributed by atoms with Crippen molar-refractivity contribution in [3.63, 3.8) is 0 Å². The highest BCUT2D eigenvalue weighted by Gasteiger charge is 2.32. The molecule has 1 amide bonds. The number of methoxy groups -OCH3 is 1. The van der Waals surface area contributed by atoms with Gasteiger partial charge in [0.1, 0.15) is 23.8 Å². The number of hydrogen-bond donors (Lipinski definition) is 1. The molecule has 3 aromatic carbocycles. The zero-order valence-corrected chi connectivity index (χ0v) is 20.0. The van der Waals surface area contributed by atoms with E-state index >= 15 is 0 Å². The number of carbonyl (C=O) groups excluding carboxylic acids is 1. The van der Waals surface area contributed by atoms with Gasteiger partial charge in [-0.2, -0.15) is 0 Å². The topological polar surface area (TPSA) is 50.8 Å². The highest BCUT2D eigenvalue weighted by molar-refractivity contribution is 7.80. The van der Waals surface area contributed by atoms with Crippen LogP contribution in [0, 0.1) is 20.8 Å². The maximum absolute atomic E-state index is 13.1. The number of ether oxygens (including phenoxy) is 2. The first-order valence-corrected chi connectivity index (χ1v) is 11.1. The monoisotopic (exact) mass is 458 g/mol. The molecule has 3 aromatic rings. The molecule has 1 N–H and O–H groups in total. The Balaban J connectivity index is 1.59. The van der Waals surface area contributed by atoms with Gasteiger partial charge in [0.2, 0.25) is 0 Å². The van der Waals surface area contributed by atoms with Gasteiger partial charge in [-0.25, -0.2) is 0 Å². The van der Waals surface area contributed by atoms with Gasteiger partial charge in [-0.15, -0.1) is 0 Å². The molecule has 0 atom stereocenters. The summed E-state index contributed by atoms with van der Waals surface area (Å²) in [6, 6.07) is 19.5. The van der Waals surface area contributed by atoms with E-state index in [0.29, 0.717) is 17.4 Å². The molecule has 168 valence electrons. The van der Waals surface area contributed by atoms with Gasteiger partial charge in [-0.05, 0) is 85.6 Å². The summed E-state index contributed by atoms with van der Waals surface area (Å²) >= 11 is 5.43. The maximum Gasteiger partial charge on any atom is 0.281 e. The zero-order valence-electron chi connectivity index (χ0n) is 19.1. The van der Waals surface area contributed by atoms with Gasteiger partial charge in [-0.3, -0.25) is 9.69 Å². The van der Waals surface area contributed by atoms with E-state index in [1.165, 1.54) is 4.90 Å². The molecule has 33 heavy (non-hydrogen) atoms. The van der Waals surface area contributed by atoms with Gasteiger partial charge in [0.15, 0.2) is 5.11 Å². The number of amides is 1. The van der Waals surface area contributed by atoms with Crippen LogP contribution in [-0.2, 0) is 11.4 Å². The summed E-state index contributed by atoms with van der Waals surface area (Å²) in [6.45, 7) is 6.39. The molecule has 0 aromatic heterocycles. The number of para-hydroxylation sites is 1. The SMILES string of the molecule is COc1ccc(/C=C2/NC(=S)N(c3cccc(C)c3)C2=O)cc1COc1c(C)cccc1C. The molecular weight excluding hydrogens is 432 g/mol. The smallest absolute Gasteiger partial charge is 0.281 e. The molecule has 1 aliphatic heterocycles. The predicted octanol–water partition coefficient (Wildman–Crippen LogP) is 5.46. The first-order chi connectivity index (χ1) is 15.9. The summed E-state index contributed by atoms with van der Waals surface area (Å²) < 4.78 is 11.7. The second kappa shape index (κ2) is 9.46. The first-order valence-electron chi connectivity index (χ1n) is 10.7. The lowest BCUT2D eigenvalue weighted by molar-refractivity contribution is -0.113. The minimum absolute atomic E-state index is 0.185. The quantitative estimate of drug-likeness (QED) is 0.393. The second-order valence-electron chi connectivity index (χ2n) is 8.05. The Morgan fingerprint density at radius 1 is 1.00 bits per heavy atom. The minimum atomic E-state index is -0.185. The highest BCUT2D eigenvalue weighted by Crippen LogP contribution is 2.28. The largest absolute Gasteiger partial charge is 0.496 e. The van der Waals surface area contributed by atoms with Crippen LogP contribution in [0.15, 0.2) is 66.4 Å². The van der Waals surface area contributed by atoms with Crippen LogP contribution >= 0.6 is 12.2 Å².